The highest BCUT2D eigenvalue weighted by molar-refractivity contribution is 5.52. The molecule has 1 aromatic carbocycles. The van der Waals surface area contributed by atoms with Gasteiger partial charge in [-0.2, -0.15) is 0 Å². The van der Waals surface area contributed by atoms with E-state index in [-0.39, 0.29) is 11.5 Å². The molecule has 1 aromatic rings. The highest BCUT2D eigenvalue weighted by atomic mass is 16.5. The number of ether oxygens (including phenoxy) is 1. The van der Waals surface area contributed by atoms with Gasteiger partial charge in [-0.3, -0.25) is 0 Å². The lowest BCUT2D eigenvalue weighted by molar-refractivity contribution is 0.161. The van der Waals surface area contributed by atoms with E-state index in [1.54, 1.807) is 13.2 Å². The third-order valence-corrected chi connectivity index (χ3v) is 2.88. The summed E-state index contributed by atoms with van der Waals surface area (Å²) in [6, 6.07) is 2.93. The Hall–Kier alpha value is -1.50. The fraction of sp³-hybridized carbons (Fsp3) is 0.538. The summed E-state index contributed by atoms with van der Waals surface area (Å²) in [7, 11) is 3.68. The number of phenolic OH excluding ortho intramolecular Hbond substituents is 3. The Bertz CT molecular complexity index is 398. The first kappa shape index (κ1) is 15.6. The van der Waals surface area contributed by atoms with Crippen molar-refractivity contribution < 1.29 is 20.1 Å². The summed E-state index contributed by atoms with van der Waals surface area (Å²) >= 11 is 0. The Kier molecular flexibility index (Phi) is 6.41. The average molecular weight is 270 g/mol. The Morgan fingerprint density at radius 2 is 1.89 bits per heavy atom. The van der Waals surface area contributed by atoms with E-state index in [4.69, 9.17) is 4.74 Å². The molecule has 0 bridgehead atoms. The standard InChI is InChI=1S/C13H22N2O4/c1-15(7-8-19-2)6-5-14-9-10-3-4-11(16)13(18)12(10)17/h3-4,14,16-18H,5-9H2,1-2H3. The molecule has 4 N–H and O–H groups in total. The largest absolute Gasteiger partial charge is 0.504 e. The van der Waals surface area contributed by atoms with E-state index in [9.17, 15) is 15.3 Å². The van der Waals surface area contributed by atoms with Gasteiger partial charge in [0.1, 0.15) is 0 Å². The fourth-order valence-corrected chi connectivity index (χ4v) is 1.61. The molecule has 0 aliphatic rings. The maximum atomic E-state index is 9.63. The second-order valence-corrected chi connectivity index (χ2v) is 4.41. The van der Waals surface area contributed by atoms with Crippen molar-refractivity contribution in [2.75, 3.05) is 40.4 Å². The molecule has 0 aliphatic heterocycles. The molecule has 0 aromatic heterocycles. The van der Waals surface area contributed by atoms with E-state index < -0.39 is 5.75 Å². The van der Waals surface area contributed by atoms with Crippen LogP contribution in [0.15, 0.2) is 12.1 Å². The van der Waals surface area contributed by atoms with Gasteiger partial charge < -0.3 is 30.3 Å². The molecular weight excluding hydrogens is 248 g/mol. The van der Waals surface area contributed by atoms with Gasteiger partial charge in [0.25, 0.3) is 0 Å². The normalized spacial score (nSPS) is 11.1. The molecule has 0 saturated heterocycles. The van der Waals surface area contributed by atoms with Gasteiger partial charge in [0.05, 0.1) is 6.61 Å². The van der Waals surface area contributed by atoms with Crippen molar-refractivity contribution in [2.45, 2.75) is 6.54 Å². The molecular formula is C13H22N2O4. The molecule has 19 heavy (non-hydrogen) atoms. The second kappa shape index (κ2) is 7.83. The quantitative estimate of drug-likeness (QED) is 0.406. The summed E-state index contributed by atoms with van der Waals surface area (Å²) in [5.74, 6) is -1.07. The van der Waals surface area contributed by atoms with Crippen molar-refractivity contribution in [3.05, 3.63) is 17.7 Å². The van der Waals surface area contributed by atoms with E-state index in [0.717, 1.165) is 19.6 Å². The minimum atomic E-state index is -0.475. The summed E-state index contributed by atoms with van der Waals surface area (Å²) in [6.45, 7) is 3.60. The maximum Gasteiger partial charge on any atom is 0.200 e. The maximum absolute atomic E-state index is 9.63. The number of hydrogen-bond donors (Lipinski definition) is 4. The number of likely N-dealkylation sites (N-methyl/N-ethyl adjacent to an activating group) is 1. The number of phenols is 3. The number of nitrogens with zero attached hydrogens (tertiary/aromatic N) is 1. The van der Waals surface area contributed by atoms with Crippen LogP contribution >= 0.6 is 0 Å². The van der Waals surface area contributed by atoms with Crippen LogP contribution in [-0.4, -0.2) is 60.6 Å². The molecule has 0 heterocycles. The van der Waals surface area contributed by atoms with E-state index in [1.807, 2.05) is 7.05 Å². The fourth-order valence-electron chi connectivity index (χ4n) is 1.61. The van der Waals surface area contributed by atoms with Crippen molar-refractivity contribution in [1.29, 1.82) is 0 Å². The molecule has 0 spiro atoms. The lowest BCUT2D eigenvalue weighted by Crippen LogP contribution is -2.31. The Balaban J connectivity index is 2.32. The van der Waals surface area contributed by atoms with E-state index >= 15 is 0 Å². The summed E-state index contributed by atoms with van der Waals surface area (Å²) in [5, 5.41) is 31.4. The number of nitrogens with one attached hydrogen (secondary N) is 1. The molecule has 0 aliphatic carbocycles. The van der Waals surface area contributed by atoms with Crippen LogP contribution in [0.2, 0.25) is 0 Å². The lowest BCUT2D eigenvalue weighted by atomic mass is 10.1. The molecule has 1 rings (SSSR count). The zero-order valence-electron chi connectivity index (χ0n) is 11.4. The monoisotopic (exact) mass is 270 g/mol. The molecule has 0 amide bonds. The van der Waals surface area contributed by atoms with Gasteiger partial charge >= 0.3 is 0 Å². The highest BCUT2D eigenvalue weighted by Crippen LogP contribution is 2.36. The first-order valence-corrected chi connectivity index (χ1v) is 6.17. The SMILES string of the molecule is COCCN(C)CCNCc1ccc(O)c(O)c1O. The van der Waals surface area contributed by atoms with Gasteiger partial charge in [-0.1, -0.05) is 6.07 Å². The van der Waals surface area contributed by atoms with Crippen molar-refractivity contribution in [3.8, 4) is 17.2 Å². The smallest absolute Gasteiger partial charge is 0.200 e. The minimum Gasteiger partial charge on any atom is -0.504 e. The van der Waals surface area contributed by atoms with E-state index in [2.05, 4.69) is 10.2 Å². The van der Waals surface area contributed by atoms with Crippen LogP contribution in [0.25, 0.3) is 0 Å². The number of rotatable bonds is 8. The van der Waals surface area contributed by atoms with Gasteiger partial charge in [0, 0.05) is 38.9 Å². The van der Waals surface area contributed by atoms with Crippen LogP contribution in [0.1, 0.15) is 5.56 Å². The van der Waals surface area contributed by atoms with E-state index in [1.165, 1.54) is 6.07 Å². The number of benzene rings is 1. The number of methoxy groups -OCH3 is 1. The number of aromatic hydroxyl groups is 3. The van der Waals surface area contributed by atoms with Crippen LogP contribution in [0.4, 0.5) is 0 Å². The van der Waals surface area contributed by atoms with Crippen molar-refractivity contribution in [3.63, 3.8) is 0 Å². The zero-order valence-corrected chi connectivity index (χ0v) is 11.4. The summed E-state index contributed by atoms with van der Waals surface area (Å²) in [5.41, 5.74) is 0.551. The molecule has 0 atom stereocenters. The van der Waals surface area contributed by atoms with Crippen LogP contribution in [0.5, 0.6) is 17.2 Å². The van der Waals surface area contributed by atoms with Crippen LogP contribution in [0, 0.1) is 0 Å². The molecule has 108 valence electrons. The van der Waals surface area contributed by atoms with Gasteiger partial charge in [-0.15, -0.1) is 0 Å². The van der Waals surface area contributed by atoms with Crippen LogP contribution in [-0.2, 0) is 11.3 Å². The first-order chi connectivity index (χ1) is 9.06. The average Bonchev–Trinajstić information content (AvgIpc) is 2.40. The first-order valence-electron chi connectivity index (χ1n) is 6.17. The Morgan fingerprint density at radius 3 is 2.58 bits per heavy atom. The van der Waals surface area contributed by atoms with Crippen molar-refractivity contribution in [1.82, 2.24) is 10.2 Å². The predicted octanol–water partition coefficient (Wildman–Crippen LogP) is 0.471. The third-order valence-electron chi connectivity index (χ3n) is 2.88. The predicted molar refractivity (Wildman–Crippen MR) is 72.5 cm³/mol. The highest BCUT2D eigenvalue weighted by Gasteiger charge is 2.10. The number of hydrogen-bond acceptors (Lipinski definition) is 6. The van der Waals surface area contributed by atoms with Gasteiger partial charge in [-0.05, 0) is 13.1 Å². The Labute approximate surface area is 113 Å². The molecule has 0 fully saturated rings. The van der Waals surface area contributed by atoms with Gasteiger partial charge in [0.2, 0.25) is 5.75 Å². The van der Waals surface area contributed by atoms with Crippen LogP contribution < -0.4 is 5.32 Å². The minimum absolute atomic E-state index is 0.278. The summed E-state index contributed by atoms with van der Waals surface area (Å²) in [4.78, 5) is 2.13. The topological polar surface area (TPSA) is 85.2 Å². The van der Waals surface area contributed by atoms with Gasteiger partial charge in [-0.25, -0.2) is 0 Å². The third kappa shape index (κ3) is 4.94. The summed E-state index contributed by atoms with van der Waals surface area (Å²) < 4.78 is 4.98. The Morgan fingerprint density at radius 1 is 1.16 bits per heavy atom. The lowest BCUT2D eigenvalue weighted by Gasteiger charge is -2.16. The summed E-state index contributed by atoms with van der Waals surface area (Å²) in [6.07, 6.45) is 0. The molecule has 0 radical (unpaired) electrons. The van der Waals surface area contributed by atoms with Crippen molar-refractivity contribution in [2.24, 2.45) is 0 Å². The molecule has 0 unspecified atom stereocenters. The molecule has 6 nitrogen and oxygen atoms in total. The molecule has 6 heteroatoms. The van der Waals surface area contributed by atoms with Crippen molar-refractivity contribution >= 4 is 0 Å². The van der Waals surface area contributed by atoms with Gasteiger partial charge in [0.15, 0.2) is 11.5 Å². The zero-order chi connectivity index (χ0) is 14.3. The second-order valence-electron chi connectivity index (χ2n) is 4.41. The van der Waals surface area contributed by atoms with E-state index in [0.29, 0.717) is 18.7 Å². The molecule has 0 saturated carbocycles. The van der Waals surface area contributed by atoms with Crippen LogP contribution in [0.3, 0.4) is 0 Å².